The van der Waals surface area contributed by atoms with Crippen molar-refractivity contribution in [3.05, 3.63) is 64.2 Å². The lowest BCUT2D eigenvalue weighted by atomic mass is 10.1. The summed E-state index contributed by atoms with van der Waals surface area (Å²) in [5.74, 6) is -0.483. The lowest BCUT2D eigenvalue weighted by Crippen LogP contribution is -2.35. The second-order valence-corrected chi connectivity index (χ2v) is 6.64. The molecule has 4 nitrogen and oxygen atoms in total. The Morgan fingerprint density at radius 2 is 1.78 bits per heavy atom. The van der Waals surface area contributed by atoms with Crippen LogP contribution in [0.2, 0.25) is 5.02 Å². The largest absolute Gasteiger partial charge is 0.417 e. The van der Waals surface area contributed by atoms with Gasteiger partial charge in [-0.15, -0.1) is 0 Å². The van der Waals surface area contributed by atoms with Crippen LogP contribution >= 0.6 is 11.6 Å². The van der Waals surface area contributed by atoms with Crippen LogP contribution in [0.1, 0.15) is 21.5 Å². The maximum absolute atomic E-state index is 12.9. The fourth-order valence-corrected chi connectivity index (χ4v) is 3.03. The molecule has 1 amide bonds. The van der Waals surface area contributed by atoms with Crippen LogP contribution < -0.4 is 5.32 Å². The van der Waals surface area contributed by atoms with Gasteiger partial charge in [0.2, 0.25) is 0 Å². The van der Waals surface area contributed by atoms with E-state index < -0.39 is 22.7 Å². The lowest BCUT2D eigenvalue weighted by Gasteiger charge is -2.26. The molecule has 144 valence electrons. The zero-order valence-corrected chi connectivity index (χ0v) is 15.1. The first-order valence-electron chi connectivity index (χ1n) is 8.40. The highest BCUT2D eigenvalue weighted by molar-refractivity contribution is 6.31. The van der Waals surface area contributed by atoms with Crippen molar-refractivity contribution in [2.75, 3.05) is 31.6 Å². The van der Waals surface area contributed by atoms with Gasteiger partial charge >= 0.3 is 6.18 Å². The van der Waals surface area contributed by atoms with E-state index in [2.05, 4.69) is 10.2 Å². The third-order valence-electron chi connectivity index (χ3n) is 4.26. The van der Waals surface area contributed by atoms with Gasteiger partial charge < -0.3 is 10.1 Å². The van der Waals surface area contributed by atoms with E-state index in [0.29, 0.717) is 18.8 Å². The van der Waals surface area contributed by atoms with Gasteiger partial charge in [0.25, 0.3) is 5.91 Å². The van der Waals surface area contributed by atoms with Gasteiger partial charge in [0, 0.05) is 30.9 Å². The molecule has 0 aromatic heterocycles. The van der Waals surface area contributed by atoms with E-state index >= 15 is 0 Å². The van der Waals surface area contributed by atoms with E-state index in [0.717, 1.165) is 37.3 Å². The summed E-state index contributed by atoms with van der Waals surface area (Å²) in [6.45, 7) is 3.90. The molecule has 8 heteroatoms. The van der Waals surface area contributed by atoms with Crippen molar-refractivity contribution in [1.29, 1.82) is 0 Å². The number of alkyl halides is 3. The average molecular weight is 399 g/mol. The summed E-state index contributed by atoms with van der Waals surface area (Å²) in [5, 5.41) is 2.06. The van der Waals surface area contributed by atoms with Gasteiger partial charge in [-0.25, -0.2) is 0 Å². The number of anilines is 1. The Kier molecular flexibility index (Phi) is 6.04. The van der Waals surface area contributed by atoms with Crippen molar-refractivity contribution < 1.29 is 22.7 Å². The van der Waals surface area contributed by atoms with E-state index in [1.165, 1.54) is 6.07 Å². The van der Waals surface area contributed by atoms with Crippen molar-refractivity contribution in [3.63, 3.8) is 0 Å². The second-order valence-electron chi connectivity index (χ2n) is 6.23. The van der Waals surface area contributed by atoms with E-state index in [1.807, 2.05) is 12.1 Å². The van der Waals surface area contributed by atoms with Gasteiger partial charge in [-0.05, 0) is 35.9 Å². The Balaban J connectivity index is 1.66. The maximum atomic E-state index is 12.9. The van der Waals surface area contributed by atoms with Crippen LogP contribution in [0.25, 0.3) is 0 Å². The molecule has 0 bridgehead atoms. The predicted octanol–water partition coefficient (Wildman–Crippen LogP) is 4.44. The summed E-state index contributed by atoms with van der Waals surface area (Å²) in [5.41, 5.74) is 0.473. The number of carbonyl (C=O) groups excluding carboxylic acids is 1. The number of hydrogen-bond donors (Lipinski definition) is 1. The zero-order chi connectivity index (χ0) is 19.4. The van der Waals surface area contributed by atoms with Gasteiger partial charge in [0.1, 0.15) is 0 Å². The van der Waals surface area contributed by atoms with E-state index in [1.54, 1.807) is 12.1 Å². The average Bonchev–Trinajstić information content (AvgIpc) is 2.64. The number of rotatable bonds is 4. The standard InChI is InChI=1S/C19H18ClF3N2O2/c20-17-6-5-15(11-16(17)19(21,22)23)24-18(26)14-3-1-13(2-4-14)12-25-7-9-27-10-8-25/h1-6,11H,7-10,12H2,(H,24,26). The lowest BCUT2D eigenvalue weighted by molar-refractivity contribution is -0.137. The van der Waals surface area contributed by atoms with Crippen LogP contribution in [0.15, 0.2) is 42.5 Å². The van der Waals surface area contributed by atoms with E-state index in [9.17, 15) is 18.0 Å². The highest BCUT2D eigenvalue weighted by Crippen LogP contribution is 2.36. The second kappa shape index (κ2) is 8.29. The Morgan fingerprint density at radius 3 is 2.41 bits per heavy atom. The molecule has 0 atom stereocenters. The summed E-state index contributed by atoms with van der Waals surface area (Å²) in [6.07, 6.45) is -4.58. The highest BCUT2D eigenvalue weighted by Gasteiger charge is 2.33. The monoisotopic (exact) mass is 398 g/mol. The normalized spacial score (nSPS) is 15.6. The first kappa shape index (κ1) is 19.7. The van der Waals surface area contributed by atoms with Crippen molar-refractivity contribution in [2.24, 2.45) is 0 Å². The molecule has 2 aromatic carbocycles. The fourth-order valence-electron chi connectivity index (χ4n) is 2.80. The number of morpholine rings is 1. The predicted molar refractivity (Wildman–Crippen MR) is 96.9 cm³/mol. The number of ether oxygens (including phenoxy) is 1. The first-order chi connectivity index (χ1) is 12.8. The highest BCUT2D eigenvalue weighted by atomic mass is 35.5. The fraction of sp³-hybridized carbons (Fsp3) is 0.316. The molecule has 0 unspecified atom stereocenters. The number of hydrogen-bond acceptors (Lipinski definition) is 3. The molecular formula is C19H18ClF3N2O2. The molecule has 0 spiro atoms. The van der Waals surface area contributed by atoms with Crippen molar-refractivity contribution in [1.82, 2.24) is 4.90 Å². The van der Waals surface area contributed by atoms with Crippen LogP contribution in [0, 0.1) is 0 Å². The number of benzene rings is 2. The molecule has 2 aromatic rings. The molecule has 0 aliphatic carbocycles. The molecule has 1 heterocycles. The number of halogens is 4. The van der Waals surface area contributed by atoms with Crippen LogP contribution in [0.4, 0.5) is 18.9 Å². The SMILES string of the molecule is O=C(Nc1ccc(Cl)c(C(F)(F)F)c1)c1ccc(CN2CCOCC2)cc1. The zero-order valence-electron chi connectivity index (χ0n) is 14.4. The van der Waals surface area contributed by atoms with Gasteiger partial charge in [-0.2, -0.15) is 13.2 Å². The maximum Gasteiger partial charge on any atom is 0.417 e. The molecule has 1 N–H and O–H groups in total. The van der Waals surface area contributed by atoms with E-state index in [-0.39, 0.29) is 5.69 Å². The van der Waals surface area contributed by atoms with Crippen molar-refractivity contribution >= 4 is 23.2 Å². The summed E-state index contributed by atoms with van der Waals surface area (Å²) in [4.78, 5) is 14.6. The molecule has 1 aliphatic heterocycles. The number of nitrogens with zero attached hydrogens (tertiary/aromatic N) is 1. The Bertz CT molecular complexity index is 804. The minimum atomic E-state index is -4.58. The summed E-state index contributed by atoms with van der Waals surface area (Å²) in [6, 6.07) is 10.3. The van der Waals surface area contributed by atoms with E-state index in [4.69, 9.17) is 16.3 Å². The van der Waals surface area contributed by atoms with Crippen LogP contribution in [0.3, 0.4) is 0 Å². The Labute approximate surface area is 159 Å². The summed E-state index contributed by atoms with van der Waals surface area (Å²) in [7, 11) is 0. The third-order valence-corrected chi connectivity index (χ3v) is 4.59. The van der Waals surface area contributed by atoms with Crippen molar-refractivity contribution in [3.8, 4) is 0 Å². The van der Waals surface area contributed by atoms with Gasteiger partial charge in [0.05, 0.1) is 23.8 Å². The third kappa shape index (κ3) is 5.22. The van der Waals surface area contributed by atoms with Gasteiger partial charge in [-0.1, -0.05) is 23.7 Å². The van der Waals surface area contributed by atoms with Crippen LogP contribution in [0.5, 0.6) is 0 Å². The minimum Gasteiger partial charge on any atom is -0.379 e. The molecule has 0 saturated carbocycles. The van der Waals surface area contributed by atoms with Gasteiger partial charge in [0.15, 0.2) is 0 Å². The van der Waals surface area contributed by atoms with Crippen LogP contribution in [-0.4, -0.2) is 37.1 Å². The van der Waals surface area contributed by atoms with Gasteiger partial charge in [-0.3, -0.25) is 9.69 Å². The Hall–Kier alpha value is -2.09. The molecule has 1 saturated heterocycles. The topological polar surface area (TPSA) is 41.6 Å². The molecule has 27 heavy (non-hydrogen) atoms. The quantitative estimate of drug-likeness (QED) is 0.827. The summed E-state index contributed by atoms with van der Waals surface area (Å²) >= 11 is 5.59. The number of amides is 1. The minimum absolute atomic E-state index is 0.0362. The number of nitrogens with one attached hydrogen (secondary N) is 1. The molecular weight excluding hydrogens is 381 g/mol. The first-order valence-corrected chi connectivity index (χ1v) is 8.78. The van der Waals surface area contributed by atoms with Crippen LogP contribution in [-0.2, 0) is 17.5 Å². The molecule has 1 aliphatic rings. The molecule has 0 radical (unpaired) electrons. The summed E-state index contributed by atoms with van der Waals surface area (Å²) < 4.78 is 44.1. The Morgan fingerprint density at radius 1 is 1.11 bits per heavy atom. The van der Waals surface area contributed by atoms with Crippen molar-refractivity contribution in [2.45, 2.75) is 12.7 Å². The molecule has 3 rings (SSSR count). The number of carbonyl (C=O) groups is 1. The smallest absolute Gasteiger partial charge is 0.379 e. The molecule has 1 fully saturated rings.